The number of rotatable bonds is 16. The first kappa shape index (κ1) is 29.9. The molecule has 1 N–H and O–H groups in total. The average Bonchev–Trinajstić information content (AvgIpc) is 2.84. The van der Waals surface area contributed by atoms with Crippen molar-refractivity contribution in [3.05, 3.63) is 29.8 Å². The molecule has 0 aliphatic rings. The van der Waals surface area contributed by atoms with Crippen molar-refractivity contribution in [2.45, 2.75) is 71.8 Å². The van der Waals surface area contributed by atoms with E-state index in [4.69, 9.17) is 9.47 Å². The molecule has 0 bridgehead atoms. The predicted molar refractivity (Wildman–Crippen MR) is 137 cm³/mol. The lowest BCUT2D eigenvalue weighted by molar-refractivity contribution is -0.150. The lowest BCUT2D eigenvalue weighted by Crippen LogP contribution is -2.48. The summed E-state index contributed by atoms with van der Waals surface area (Å²) in [5, 5.41) is 1.39. The molecule has 1 atom stereocenters. The highest BCUT2D eigenvalue weighted by atomic mass is 16.6. The molecule has 1 unspecified atom stereocenters. The van der Waals surface area contributed by atoms with Crippen LogP contribution in [0.25, 0.3) is 0 Å². The summed E-state index contributed by atoms with van der Waals surface area (Å²) in [5.41, 5.74) is 3.92. The normalized spacial score (nSPS) is 12.0. The second-order valence-electron chi connectivity index (χ2n) is 8.52. The number of carbonyl (C=O) groups is 3. The molecule has 2 amide bonds. The quantitative estimate of drug-likeness (QED) is 0.0952. The van der Waals surface area contributed by atoms with Crippen LogP contribution in [-0.2, 0) is 25.5 Å². The Morgan fingerprint density at radius 1 is 1.11 bits per heavy atom. The highest BCUT2D eigenvalue weighted by Gasteiger charge is 2.17. The molecular formula is C26H42N4O5. The number of esters is 1. The molecule has 0 aliphatic carbocycles. The van der Waals surface area contributed by atoms with Gasteiger partial charge in [0.15, 0.2) is 6.10 Å². The molecule has 1 rings (SSSR count). The molecule has 1 aromatic rings. The highest BCUT2D eigenvalue weighted by molar-refractivity contribution is 6.37. The number of amidine groups is 1. The Labute approximate surface area is 209 Å². The minimum atomic E-state index is -0.687. The van der Waals surface area contributed by atoms with Gasteiger partial charge in [-0.1, -0.05) is 44.7 Å². The van der Waals surface area contributed by atoms with Crippen LogP contribution in [0.5, 0.6) is 5.75 Å². The molecule has 0 radical (unpaired) electrons. The summed E-state index contributed by atoms with van der Waals surface area (Å²) in [6.07, 6.45) is 6.79. The van der Waals surface area contributed by atoms with Crippen LogP contribution in [0.15, 0.2) is 29.3 Å². The van der Waals surface area contributed by atoms with Crippen LogP contribution >= 0.6 is 0 Å². The number of benzene rings is 1. The number of amides is 2. The maximum absolute atomic E-state index is 12.6. The van der Waals surface area contributed by atoms with Crippen molar-refractivity contribution in [2.24, 2.45) is 4.99 Å². The van der Waals surface area contributed by atoms with E-state index in [1.54, 1.807) is 34.0 Å². The van der Waals surface area contributed by atoms with Crippen LogP contribution in [0.1, 0.15) is 64.9 Å². The smallest absolute Gasteiger partial charge is 0.347 e. The Kier molecular flexibility index (Phi) is 14.8. The molecule has 0 spiro atoms. The summed E-state index contributed by atoms with van der Waals surface area (Å²) < 4.78 is 10.7. The SMILES string of the molecule is CCCCCCCN(C=O)NC(=NCCCc1cccc(OC(C)C(=O)OCC)c1)C(=O)N(C)C. The summed E-state index contributed by atoms with van der Waals surface area (Å²) >= 11 is 0. The predicted octanol–water partition coefficient (Wildman–Crippen LogP) is 3.37. The Morgan fingerprint density at radius 3 is 2.51 bits per heavy atom. The zero-order chi connectivity index (χ0) is 26.1. The fraction of sp³-hybridized carbons (Fsp3) is 0.615. The molecule has 0 saturated heterocycles. The molecule has 9 heteroatoms. The van der Waals surface area contributed by atoms with Gasteiger partial charge in [-0.05, 0) is 50.8 Å². The number of hydrazine groups is 1. The topological polar surface area (TPSA) is 101 Å². The van der Waals surface area contributed by atoms with E-state index in [9.17, 15) is 14.4 Å². The third-order valence-corrected chi connectivity index (χ3v) is 5.21. The van der Waals surface area contributed by atoms with Crippen molar-refractivity contribution in [1.82, 2.24) is 15.3 Å². The number of nitrogens with zero attached hydrogens (tertiary/aromatic N) is 3. The van der Waals surface area contributed by atoms with Gasteiger partial charge in [0.05, 0.1) is 6.61 Å². The first-order valence-electron chi connectivity index (χ1n) is 12.5. The number of hydrogen-bond donors (Lipinski definition) is 1. The molecular weight excluding hydrogens is 448 g/mol. The molecule has 1 aromatic carbocycles. The van der Waals surface area contributed by atoms with E-state index in [1.807, 2.05) is 18.2 Å². The van der Waals surface area contributed by atoms with Crippen LogP contribution in [0, 0.1) is 0 Å². The molecule has 0 aromatic heterocycles. The number of ether oxygens (including phenoxy) is 2. The first-order valence-corrected chi connectivity index (χ1v) is 12.5. The molecule has 0 saturated carbocycles. The zero-order valence-electron chi connectivity index (χ0n) is 21.9. The third-order valence-electron chi connectivity index (χ3n) is 5.21. The number of nitrogens with one attached hydrogen (secondary N) is 1. The molecule has 9 nitrogen and oxygen atoms in total. The monoisotopic (exact) mass is 490 g/mol. The summed E-state index contributed by atoms with van der Waals surface area (Å²) in [4.78, 5) is 41.7. The number of aliphatic imine (C=N–C) groups is 1. The fourth-order valence-corrected chi connectivity index (χ4v) is 3.28. The summed E-state index contributed by atoms with van der Waals surface area (Å²) in [6.45, 7) is 6.81. The number of likely N-dealkylation sites (N-methyl/N-ethyl adjacent to an activating group) is 1. The fourth-order valence-electron chi connectivity index (χ4n) is 3.28. The largest absolute Gasteiger partial charge is 0.479 e. The van der Waals surface area contributed by atoms with Crippen LogP contribution in [0.3, 0.4) is 0 Å². The van der Waals surface area contributed by atoms with Crippen LogP contribution in [0.4, 0.5) is 0 Å². The Balaban J connectivity index is 2.66. The second kappa shape index (κ2) is 17.4. The van der Waals surface area contributed by atoms with E-state index in [0.29, 0.717) is 44.7 Å². The maximum atomic E-state index is 12.6. The van der Waals surface area contributed by atoms with Crippen molar-refractivity contribution in [2.75, 3.05) is 33.8 Å². The van der Waals surface area contributed by atoms with E-state index < -0.39 is 12.1 Å². The number of hydrogen-bond acceptors (Lipinski definition) is 6. The number of aryl methyl sites for hydroxylation is 1. The van der Waals surface area contributed by atoms with Crippen molar-refractivity contribution in [1.29, 1.82) is 0 Å². The van der Waals surface area contributed by atoms with E-state index in [2.05, 4.69) is 17.3 Å². The third kappa shape index (κ3) is 12.2. The zero-order valence-corrected chi connectivity index (χ0v) is 21.9. The summed E-state index contributed by atoms with van der Waals surface area (Å²) in [7, 11) is 3.30. The Hall–Kier alpha value is -3.10. The van der Waals surface area contributed by atoms with Crippen molar-refractivity contribution in [3.8, 4) is 5.75 Å². The van der Waals surface area contributed by atoms with E-state index in [1.165, 1.54) is 16.3 Å². The summed E-state index contributed by atoms with van der Waals surface area (Å²) in [6, 6.07) is 7.53. The van der Waals surface area contributed by atoms with Crippen molar-refractivity contribution >= 4 is 24.1 Å². The van der Waals surface area contributed by atoms with E-state index in [-0.39, 0.29) is 11.7 Å². The summed E-state index contributed by atoms with van der Waals surface area (Å²) in [5.74, 6) is 0.0580. The number of carbonyl (C=O) groups excluding carboxylic acids is 3. The maximum Gasteiger partial charge on any atom is 0.347 e. The second-order valence-corrected chi connectivity index (χ2v) is 8.52. The minimum Gasteiger partial charge on any atom is -0.479 e. The van der Waals surface area contributed by atoms with Gasteiger partial charge in [0, 0.05) is 27.2 Å². The minimum absolute atomic E-state index is 0.149. The van der Waals surface area contributed by atoms with Gasteiger partial charge in [-0.2, -0.15) is 0 Å². The first-order chi connectivity index (χ1) is 16.8. The van der Waals surface area contributed by atoms with Crippen LogP contribution in [-0.4, -0.2) is 73.9 Å². The molecule has 0 fully saturated rings. The van der Waals surface area contributed by atoms with Gasteiger partial charge in [0.25, 0.3) is 5.91 Å². The van der Waals surface area contributed by atoms with Crippen LogP contribution in [0.2, 0.25) is 0 Å². The van der Waals surface area contributed by atoms with Gasteiger partial charge >= 0.3 is 5.97 Å². The lowest BCUT2D eigenvalue weighted by atomic mass is 10.1. The van der Waals surface area contributed by atoms with Gasteiger partial charge in [0.1, 0.15) is 5.75 Å². The van der Waals surface area contributed by atoms with Gasteiger partial charge in [0.2, 0.25) is 12.2 Å². The standard InChI is InChI=1S/C26H42N4O5/c1-6-8-9-10-11-18-30(20-31)28-24(25(32)29(4)5)27-17-13-15-22-14-12-16-23(19-22)35-21(3)26(33)34-7-2/h12,14,16,19-21H,6-11,13,15,17-18H2,1-5H3,(H,27,28). The molecule has 0 aliphatic heterocycles. The van der Waals surface area contributed by atoms with E-state index >= 15 is 0 Å². The number of unbranched alkanes of at least 4 members (excludes halogenated alkanes) is 4. The highest BCUT2D eigenvalue weighted by Crippen LogP contribution is 2.16. The van der Waals surface area contributed by atoms with Gasteiger partial charge in [-0.15, -0.1) is 0 Å². The van der Waals surface area contributed by atoms with Gasteiger partial charge in [-0.25, -0.2) is 4.79 Å². The Bertz CT molecular complexity index is 813. The van der Waals surface area contributed by atoms with Crippen molar-refractivity contribution < 1.29 is 23.9 Å². The van der Waals surface area contributed by atoms with Crippen molar-refractivity contribution in [3.63, 3.8) is 0 Å². The Morgan fingerprint density at radius 2 is 1.86 bits per heavy atom. The van der Waals surface area contributed by atoms with Crippen LogP contribution < -0.4 is 10.2 Å². The van der Waals surface area contributed by atoms with Gasteiger partial charge < -0.3 is 14.4 Å². The molecule has 196 valence electrons. The average molecular weight is 491 g/mol. The molecule has 35 heavy (non-hydrogen) atoms. The lowest BCUT2D eigenvalue weighted by Gasteiger charge is -2.22. The van der Waals surface area contributed by atoms with E-state index in [0.717, 1.165) is 31.2 Å². The molecule has 0 heterocycles. The van der Waals surface area contributed by atoms with Gasteiger partial charge in [-0.3, -0.25) is 25.0 Å².